The molecule has 0 aliphatic carbocycles. The van der Waals surface area contributed by atoms with E-state index in [1.807, 2.05) is 34.2 Å². The maximum Gasteiger partial charge on any atom is 0.289 e. The molecule has 0 bridgehead atoms. The number of hydrogen-bond acceptors (Lipinski definition) is 4. The van der Waals surface area contributed by atoms with Crippen LogP contribution in [0.5, 0.6) is 0 Å². The Kier molecular flexibility index (Phi) is 3.33. The number of carbonyl (C=O) groups is 1. The molecule has 0 saturated carbocycles. The van der Waals surface area contributed by atoms with Gasteiger partial charge in [0.25, 0.3) is 5.91 Å². The summed E-state index contributed by atoms with van der Waals surface area (Å²) >= 11 is 0. The van der Waals surface area contributed by atoms with Gasteiger partial charge in [-0.05, 0) is 31.4 Å². The number of amides is 1. The zero-order chi connectivity index (χ0) is 15.8. The molecule has 0 unspecified atom stereocenters. The van der Waals surface area contributed by atoms with Crippen LogP contribution in [0.15, 0.2) is 24.5 Å². The van der Waals surface area contributed by atoms with Crippen LogP contribution in [0.4, 0.5) is 0 Å². The van der Waals surface area contributed by atoms with Gasteiger partial charge in [0, 0.05) is 19.2 Å². The van der Waals surface area contributed by atoms with Gasteiger partial charge in [-0.1, -0.05) is 6.07 Å². The average Bonchev–Trinajstić information content (AvgIpc) is 3.17. The molecule has 3 aromatic rings. The second-order valence-electron chi connectivity index (χ2n) is 5.87. The second-order valence-corrected chi connectivity index (χ2v) is 5.87. The molecule has 1 aliphatic rings. The molecule has 0 aromatic carbocycles. The predicted molar refractivity (Wildman–Crippen MR) is 84.1 cm³/mol. The minimum absolute atomic E-state index is 0.187. The molecule has 23 heavy (non-hydrogen) atoms. The van der Waals surface area contributed by atoms with E-state index in [-0.39, 0.29) is 5.91 Å². The molecule has 1 aliphatic heterocycles. The Morgan fingerprint density at radius 2 is 2.26 bits per heavy atom. The Balaban J connectivity index is 1.53. The molecule has 7 heteroatoms. The smallest absolute Gasteiger partial charge is 0.289 e. The van der Waals surface area contributed by atoms with Crippen molar-refractivity contribution in [2.75, 3.05) is 0 Å². The molecule has 118 valence electrons. The molecule has 1 amide bonds. The van der Waals surface area contributed by atoms with Gasteiger partial charge in [-0.25, -0.2) is 4.98 Å². The van der Waals surface area contributed by atoms with Gasteiger partial charge < -0.3 is 14.3 Å². The second kappa shape index (κ2) is 5.49. The molecule has 0 radical (unpaired) electrons. The van der Waals surface area contributed by atoms with Crippen molar-refractivity contribution < 1.29 is 4.79 Å². The average molecular weight is 310 g/mol. The van der Waals surface area contributed by atoms with E-state index in [4.69, 9.17) is 0 Å². The summed E-state index contributed by atoms with van der Waals surface area (Å²) < 4.78 is 3.92. The predicted octanol–water partition coefficient (Wildman–Crippen LogP) is 1.50. The zero-order valence-corrected chi connectivity index (χ0v) is 13.0. The van der Waals surface area contributed by atoms with E-state index in [9.17, 15) is 4.79 Å². The van der Waals surface area contributed by atoms with Gasteiger partial charge in [-0.2, -0.15) is 0 Å². The monoisotopic (exact) mass is 310 g/mol. The van der Waals surface area contributed by atoms with Crippen LogP contribution in [0, 0.1) is 6.92 Å². The van der Waals surface area contributed by atoms with Crippen molar-refractivity contribution in [2.24, 2.45) is 0 Å². The van der Waals surface area contributed by atoms with Crippen LogP contribution in [0.2, 0.25) is 0 Å². The van der Waals surface area contributed by atoms with Gasteiger partial charge in [-0.3, -0.25) is 4.79 Å². The van der Waals surface area contributed by atoms with Crippen LogP contribution in [-0.4, -0.2) is 30.1 Å². The molecule has 7 nitrogen and oxygen atoms in total. The molecular formula is C16H18N6O. The largest absolute Gasteiger partial charge is 0.344 e. The van der Waals surface area contributed by atoms with Crippen molar-refractivity contribution in [1.82, 2.24) is 29.5 Å². The normalized spacial score (nSPS) is 14.0. The third-order valence-electron chi connectivity index (χ3n) is 4.30. The summed E-state index contributed by atoms with van der Waals surface area (Å²) in [7, 11) is 0. The number of pyridine rings is 1. The lowest BCUT2D eigenvalue weighted by Gasteiger charge is -2.14. The minimum atomic E-state index is -0.187. The van der Waals surface area contributed by atoms with Crippen molar-refractivity contribution in [2.45, 2.75) is 39.3 Å². The molecule has 3 aromatic heterocycles. The summed E-state index contributed by atoms with van der Waals surface area (Å²) in [4.78, 5) is 16.8. The number of aryl methyl sites for hydroxylation is 2. The molecular weight excluding hydrogens is 292 g/mol. The van der Waals surface area contributed by atoms with E-state index >= 15 is 0 Å². The highest BCUT2D eigenvalue weighted by atomic mass is 16.2. The van der Waals surface area contributed by atoms with Gasteiger partial charge in [-0.15, -0.1) is 10.2 Å². The van der Waals surface area contributed by atoms with E-state index in [0.29, 0.717) is 12.4 Å². The van der Waals surface area contributed by atoms with Crippen LogP contribution in [0.25, 0.3) is 5.65 Å². The topological polar surface area (TPSA) is 77.1 Å². The number of aromatic nitrogens is 5. The van der Waals surface area contributed by atoms with Gasteiger partial charge in [0.1, 0.15) is 11.5 Å². The van der Waals surface area contributed by atoms with E-state index in [2.05, 4.69) is 20.5 Å². The first kappa shape index (κ1) is 13.9. The van der Waals surface area contributed by atoms with Crippen molar-refractivity contribution in [1.29, 1.82) is 0 Å². The van der Waals surface area contributed by atoms with E-state index in [1.54, 1.807) is 6.20 Å². The van der Waals surface area contributed by atoms with Crippen molar-refractivity contribution >= 4 is 11.6 Å². The van der Waals surface area contributed by atoms with E-state index in [1.165, 1.54) is 0 Å². The Morgan fingerprint density at radius 1 is 1.35 bits per heavy atom. The van der Waals surface area contributed by atoms with Gasteiger partial charge >= 0.3 is 0 Å². The Bertz CT molecular complexity index is 878. The molecule has 0 saturated heterocycles. The number of imidazole rings is 1. The summed E-state index contributed by atoms with van der Waals surface area (Å²) in [6, 6.07) is 4.00. The Hall–Kier alpha value is -2.70. The SMILES string of the molecule is Cc1cccn2c(CNC(=O)c3nnc4n3CCCC4)cnc12. The highest BCUT2D eigenvalue weighted by Gasteiger charge is 2.20. The lowest BCUT2D eigenvalue weighted by Crippen LogP contribution is -2.28. The number of fused-ring (bicyclic) bond motifs is 2. The highest BCUT2D eigenvalue weighted by Crippen LogP contribution is 2.14. The third-order valence-corrected chi connectivity index (χ3v) is 4.30. The van der Waals surface area contributed by atoms with Gasteiger partial charge in [0.15, 0.2) is 0 Å². The summed E-state index contributed by atoms with van der Waals surface area (Å²) in [5.41, 5.74) is 2.96. The van der Waals surface area contributed by atoms with Crippen LogP contribution in [0.1, 0.15) is 40.5 Å². The van der Waals surface area contributed by atoms with Crippen LogP contribution >= 0.6 is 0 Å². The van der Waals surface area contributed by atoms with Crippen LogP contribution < -0.4 is 5.32 Å². The van der Waals surface area contributed by atoms with E-state index in [0.717, 1.165) is 48.5 Å². The quantitative estimate of drug-likeness (QED) is 0.795. The number of hydrogen-bond donors (Lipinski definition) is 1. The fraction of sp³-hybridized carbons (Fsp3) is 0.375. The van der Waals surface area contributed by atoms with E-state index < -0.39 is 0 Å². The molecule has 1 N–H and O–H groups in total. The van der Waals surface area contributed by atoms with Crippen LogP contribution in [-0.2, 0) is 19.5 Å². The number of nitrogens with one attached hydrogen (secondary N) is 1. The molecule has 0 fully saturated rings. The highest BCUT2D eigenvalue weighted by molar-refractivity contribution is 5.90. The minimum Gasteiger partial charge on any atom is -0.344 e. The van der Waals surface area contributed by atoms with Gasteiger partial charge in [0.05, 0.1) is 18.4 Å². The summed E-state index contributed by atoms with van der Waals surface area (Å²) in [6.07, 6.45) is 6.82. The Morgan fingerprint density at radius 3 is 3.17 bits per heavy atom. The first-order chi connectivity index (χ1) is 11.2. The number of carbonyl (C=O) groups excluding carboxylic acids is 1. The molecule has 4 rings (SSSR count). The lowest BCUT2D eigenvalue weighted by atomic mass is 10.2. The van der Waals surface area contributed by atoms with Crippen molar-refractivity contribution in [3.63, 3.8) is 0 Å². The Labute approximate surface area is 133 Å². The van der Waals surface area contributed by atoms with Crippen molar-refractivity contribution in [3.05, 3.63) is 47.4 Å². The van der Waals surface area contributed by atoms with Crippen molar-refractivity contribution in [3.8, 4) is 0 Å². The first-order valence-corrected chi connectivity index (χ1v) is 7.86. The maximum absolute atomic E-state index is 12.4. The third kappa shape index (κ3) is 2.38. The molecule has 4 heterocycles. The fourth-order valence-corrected chi connectivity index (χ4v) is 3.06. The number of rotatable bonds is 3. The summed E-state index contributed by atoms with van der Waals surface area (Å²) in [5.74, 6) is 1.13. The molecule has 0 spiro atoms. The summed E-state index contributed by atoms with van der Waals surface area (Å²) in [5, 5.41) is 11.1. The zero-order valence-electron chi connectivity index (χ0n) is 13.0. The standard InChI is InChI=1S/C16H18N6O/c1-11-5-4-8-21-12(9-17-14(11)21)10-18-16(23)15-20-19-13-6-2-3-7-22(13)15/h4-5,8-9H,2-3,6-7,10H2,1H3,(H,18,23). The fourth-order valence-electron chi connectivity index (χ4n) is 3.06. The first-order valence-electron chi connectivity index (χ1n) is 7.86. The number of nitrogens with zero attached hydrogens (tertiary/aromatic N) is 5. The summed E-state index contributed by atoms with van der Waals surface area (Å²) in [6.45, 7) is 3.25. The maximum atomic E-state index is 12.4. The lowest BCUT2D eigenvalue weighted by molar-refractivity contribution is 0.0934. The molecule has 0 atom stereocenters. The van der Waals surface area contributed by atoms with Gasteiger partial charge in [0.2, 0.25) is 5.82 Å². The van der Waals surface area contributed by atoms with Crippen LogP contribution in [0.3, 0.4) is 0 Å².